The highest BCUT2D eigenvalue weighted by molar-refractivity contribution is 7.12. The van der Waals surface area contributed by atoms with Crippen LogP contribution in [0.3, 0.4) is 0 Å². The molecule has 4 fully saturated rings. The summed E-state index contributed by atoms with van der Waals surface area (Å²) < 4.78 is 0. The van der Waals surface area contributed by atoms with Crippen molar-refractivity contribution in [2.45, 2.75) is 135 Å². The van der Waals surface area contributed by atoms with E-state index in [9.17, 15) is 24.0 Å². The molecule has 12 heteroatoms. The van der Waals surface area contributed by atoms with Crippen molar-refractivity contribution in [3.05, 3.63) is 35.0 Å². The Bertz CT molecular complexity index is 1450. The highest BCUT2D eigenvalue weighted by Crippen LogP contribution is 2.42. The molecular formula is C40H59N5O6S. The van der Waals surface area contributed by atoms with Crippen LogP contribution in [0.5, 0.6) is 0 Å². The van der Waals surface area contributed by atoms with Gasteiger partial charge in [-0.05, 0) is 79.1 Å². The van der Waals surface area contributed by atoms with Crippen molar-refractivity contribution in [3.8, 4) is 0 Å². The molecule has 11 nitrogen and oxygen atoms in total. The first-order valence-electron chi connectivity index (χ1n) is 19.6. The number of hydrogen-bond acceptors (Lipinski definition) is 7. The molecule has 0 aromatic carbocycles. The number of hydrogen-bond donors (Lipinski definition) is 4. The summed E-state index contributed by atoms with van der Waals surface area (Å²) in [5.74, 6) is -2.77. The molecule has 52 heavy (non-hydrogen) atoms. The van der Waals surface area contributed by atoms with Crippen LogP contribution in [0.15, 0.2) is 30.2 Å². The minimum Gasteiger partial charge on any atom is -0.346 e. The van der Waals surface area contributed by atoms with Gasteiger partial charge in [-0.2, -0.15) is 0 Å². The Kier molecular flexibility index (Phi) is 13.7. The summed E-state index contributed by atoms with van der Waals surface area (Å²) in [6, 6.07) is -0.00406. The standard InChI is InChI=1S/C40H59N5O6S/c1-5-21-41-38(50)33(46)29(24-26-16-17-26)42-37(49)32-28(25(2)3)18-22-45(32)39(51)34(40(4)19-10-7-11-20-40)44-36(48)31(27-13-8-6-9-14-27)43-35(47)30-15-12-23-52-30/h5,12,15,23,25-29,31-32,34H,1,6-11,13-14,16-22,24H2,2-4H3,(H,41,50)(H,42,49)(H,43,47)(H,44,48)/t28-,29?,31+,32+,34-/m1/s1. The number of nitrogens with one attached hydrogen (secondary N) is 4. The lowest BCUT2D eigenvalue weighted by Gasteiger charge is -2.43. The average molecular weight is 738 g/mol. The maximum atomic E-state index is 15.0. The predicted molar refractivity (Wildman–Crippen MR) is 201 cm³/mol. The lowest BCUT2D eigenvalue weighted by Crippen LogP contribution is -2.63. The monoisotopic (exact) mass is 737 g/mol. The fourth-order valence-electron chi connectivity index (χ4n) is 8.75. The molecule has 286 valence electrons. The van der Waals surface area contributed by atoms with E-state index in [-0.39, 0.29) is 47.9 Å². The van der Waals surface area contributed by atoms with Gasteiger partial charge in [-0.1, -0.05) is 84.3 Å². The summed E-state index contributed by atoms with van der Waals surface area (Å²) in [4.78, 5) is 85.3. The molecule has 2 heterocycles. The van der Waals surface area contributed by atoms with E-state index in [0.29, 0.717) is 24.3 Å². The van der Waals surface area contributed by atoms with E-state index in [1.54, 1.807) is 11.0 Å². The van der Waals surface area contributed by atoms with Crippen LogP contribution in [0.1, 0.15) is 120 Å². The highest BCUT2D eigenvalue weighted by atomic mass is 32.1. The Hall–Kier alpha value is -3.54. The van der Waals surface area contributed by atoms with Crippen LogP contribution in [0, 0.1) is 29.1 Å². The van der Waals surface area contributed by atoms with Crippen LogP contribution in [0.2, 0.25) is 0 Å². The third-order valence-corrected chi connectivity index (χ3v) is 12.9. The summed E-state index contributed by atoms with van der Waals surface area (Å²) in [5, 5.41) is 13.5. The average Bonchev–Trinajstić information content (AvgIpc) is 3.57. The number of likely N-dealkylation sites (tertiary alicyclic amines) is 1. The zero-order valence-electron chi connectivity index (χ0n) is 31.3. The van der Waals surface area contributed by atoms with E-state index < -0.39 is 47.2 Å². The van der Waals surface area contributed by atoms with Gasteiger partial charge in [0.2, 0.25) is 23.5 Å². The molecule has 1 aromatic heterocycles. The van der Waals surface area contributed by atoms with Crippen LogP contribution >= 0.6 is 11.3 Å². The fourth-order valence-corrected chi connectivity index (χ4v) is 9.38. The number of ketones is 1. The lowest BCUT2D eigenvalue weighted by molar-refractivity contribution is -0.147. The summed E-state index contributed by atoms with van der Waals surface area (Å²) in [6.45, 7) is 10.2. The van der Waals surface area contributed by atoms with Gasteiger partial charge < -0.3 is 26.2 Å². The second kappa shape index (κ2) is 18.0. The minimum atomic E-state index is -0.996. The van der Waals surface area contributed by atoms with Crippen molar-refractivity contribution in [2.24, 2.45) is 29.1 Å². The van der Waals surface area contributed by atoms with E-state index in [2.05, 4.69) is 34.8 Å². The quantitative estimate of drug-likeness (QED) is 0.140. The SMILES string of the molecule is C=CCNC(=O)C(=O)C(CC1CC1)NC(=O)[C@@H]1[C@@H](C(C)C)CCN1C(=O)[C@@H](NC(=O)[C@@H](NC(=O)c1cccs1)C1CCCCC1)C1(C)CCCCC1. The van der Waals surface area contributed by atoms with Gasteiger partial charge in [0.05, 0.1) is 10.9 Å². The molecule has 3 aliphatic carbocycles. The molecule has 0 spiro atoms. The molecule has 1 aromatic rings. The first-order valence-corrected chi connectivity index (χ1v) is 20.5. The van der Waals surface area contributed by atoms with Crippen molar-refractivity contribution < 1.29 is 28.8 Å². The molecule has 1 saturated heterocycles. The molecule has 4 aliphatic rings. The number of carbonyl (C=O) groups excluding carboxylic acids is 6. The van der Waals surface area contributed by atoms with E-state index in [1.165, 1.54) is 17.4 Å². The number of amides is 5. The number of carbonyl (C=O) groups is 6. The van der Waals surface area contributed by atoms with Crippen LogP contribution < -0.4 is 21.3 Å². The number of Topliss-reactive ketones (excluding diaryl/α,β-unsaturated/α-hetero) is 1. The van der Waals surface area contributed by atoms with Crippen LogP contribution in [-0.2, 0) is 24.0 Å². The second-order valence-corrected chi connectivity index (χ2v) is 17.2. The Balaban J connectivity index is 1.41. The van der Waals surface area contributed by atoms with Gasteiger partial charge in [0, 0.05) is 13.1 Å². The first kappa shape index (κ1) is 39.7. The second-order valence-electron chi connectivity index (χ2n) is 16.3. The molecule has 5 amide bonds. The third-order valence-electron chi connectivity index (χ3n) is 12.0. The predicted octanol–water partition coefficient (Wildman–Crippen LogP) is 4.91. The van der Waals surface area contributed by atoms with Crippen molar-refractivity contribution in [2.75, 3.05) is 13.1 Å². The van der Waals surface area contributed by atoms with Gasteiger partial charge in [0.15, 0.2) is 0 Å². The number of rotatable bonds is 16. The third kappa shape index (κ3) is 9.71. The van der Waals surface area contributed by atoms with Gasteiger partial charge >= 0.3 is 0 Å². The fraction of sp³-hybridized carbons (Fsp3) is 0.700. The van der Waals surface area contributed by atoms with Crippen molar-refractivity contribution in [3.63, 3.8) is 0 Å². The summed E-state index contributed by atoms with van der Waals surface area (Å²) in [5.41, 5.74) is -0.551. The maximum Gasteiger partial charge on any atom is 0.289 e. The largest absolute Gasteiger partial charge is 0.346 e. The van der Waals surface area contributed by atoms with Crippen LogP contribution in [-0.4, -0.2) is 77.5 Å². The summed E-state index contributed by atoms with van der Waals surface area (Å²) in [7, 11) is 0. The highest BCUT2D eigenvalue weighted by Gasteiger charge is 2.50. The van der Waals surface area contributed by atoms with Gasteiger partial charge in [-0.15, -0.1) is 17.9 Å². The molecule has 4 N–H and O–H groups in total. The summed E-state index contributed by atoms with van der Waals surface area (Å²) >= 11 is 1.32. The molecular weight excluding hydrogens is 679 g/mol. The first-order chi connectivity index (χ1) is 24.9. The van der Waals surface area contributed by atoms with E-state index >= 15 is 4.79 Å². The lowest BCUT2D eigenvalue weighted by atomic mass is 9.69. The van der Waals surface area contributed by atoms with Crippen LogP contribution in [0.4, 0.5) is 0 Å². The summed E-state index contributed by atoms with van der Waals surface area (Å²) in [6.07, 6.45) is 13.4. The van der Waals surface area contributed by atoms with Crippen molar-refractivity contribution in [1.29, 1.82) is 0 Å². The molecule has 0 radical (unpaired) electrons. The topological polar surface area (TPSA) is 154 Å². The number of thiophene rings is 1. The van der Waals surface area contributed by atoms with E-state index in [1.807, 2.05) is 25.3 Å². The Morgan fingerprint density at radius 3 is 2.25 bits per heavy atom. The zero-order valence-corrected chi connectivity index (χ0v) is 32.1. The Labute approximate surface area is 312 Å². The maximum absolute atomic E-state index is 15.0. The van der Waals surface area contributed by atoms with Crippen molar-refractivity contribution >= 4 is 46.7 Å². The molecule has 5 atom stereocenters. The van der Waals surface area contributed by atoms with Gasteiger partial charge in [-0.25, -0.2) is 0 Å². The normalized spacial score (nSPS) is 23.6. The van der Waals surface area contributed by atoms with Crippen molar-refractivity contribution in [1.82, 2.24) is 26.2 Å². The van der Waals surface area contributed by atoms with Gasteiger partial charge in [0.25, 0.3) is 11.8 Å². The molecule has 3 saturated carbocycles. The van der Waals surface area contributed by atoms with Gasteiger partial charge in [0.1, 0.15) is 18.1 Å². The minimum absolute atomic E-state index is 0.0483. The van der Waals surface area contributed by atoms with E-state index in [4.69, 9.17) is 0 Å². The smallest absolute Gasteiger partial charge is 0.289 e. The van der Waals surface area contributed by atoms with Crippen LogP contribution in [0.25, 0.3) is 0 Å². The molecule has 1 aliphatic heterocycles. The molecule has 0 bridgehead atoms. The Morgan fingerprint density at radius 1 is 0.942 bits per heavy atom. The molecule has 5 rings (SSSR count). The molecule has 1 unspecified atom stereocenters. The van der Waals surface area contributed by atoms with Gasteiger partial charge in [-0.3, -0.25) is 28.8 Å². The number of nitrogens with zero attached hydrogens (tertiary/aromatic N) is 1. The van der Waals surface area contributed by atoms with E-state index in [0.717, 1.165) is 77.0 Å². The Morgan fingerprint density at radius 2 is 1.63 bits per heavy atom. The zero-order chi connectivity index (χ0) is 37.4.